The van der Waals surface area contributed by atoms with Gasteiger partial charge in [0, 0.05) is 10.6 Å². The van der Waals surface area contributed by atoms with Crippen molar-refractivity contribution < 1.29 is 22.7 Å². The van der Waals surface area contributed by atoms with E-state index in [-0.39, 0.29) is 4.90 Å². The summed E-state index contributed by atoms with van der Waals surface area (Å²) in [5, 5.41) is 2.51. The molecular weight excluding hydrogens is 452 g/mol. The summed E-state index contributed by atoms with van der Waals surface area (Å²) in [5.74, 6) is 1.86. The molecule has 2 amide bonds. The first-order valence-corrected chi connectivity index (χ1v) is 11.9. The smallest absolute Gasteiger partial charge is 0.333 e. The molecule has 0 bridgehead atoms. The molecular formula is C21H22N4O5S2. The van der Waals surface area contributed by atoms with Crippen LogP contribution in [-0.2, 0) is 15.8 Å². The third-order valence-electron chi connectivity index (χ3n) is 4.18. The van der Waals surface area contributed by atoms with Crippen LogP contribution >= 0.6 is 11.8 Å². The Bertz CT molecular complexity index is 1160. The highest BCUT2D eigenvalue weighted by Crippen LogP contribution is 2.25. The van der Waals surface area contributed by atoms with E-state index in [9.17, 15) is 13.2 Å². The lowest BCUT2D eigenvalue weighted by molar-refractivity contribution is 0.256. The maximum atomic E-state index is 12.3. The van der Waals surface area contributed by atoms with E-state index in [0.717, 1.165) is 10.5 Å². The number of amides is 2. The van der Waals surface area contributed by atoms with E-state index in [4.69, 9.17) is 9.47 Å². The van der Waals surface area contributed by atoms with E-state index in [0.29, 0.717) is 29.0 Å². The number of anilines is 1. The summed E-state index contributed by atoms with van der Waals surface area (Å²) >= 11 is 1.49. The Labute approximate surface area is 190 Å². The number of ether oxygens (including phenoxy) is 2. The summed E-state index contributed by atoms with van der Waals surface area (Å²) in [6.45, 7) is 1.85. The van der Waals surface area contributed by atoms with Crippen molar-refractivity contribution >= 4 is 33.5 Å². The second-order valence-electron chi connectivity index (χ2n) is 6.55. The van der Waals surface area contributed by atoms with Crippen LogP contribution in [0.4, 0.5) is 10.5 Å². The molecule has 3 aromatic rings. The maximum Gasteiger partial charge on any atom is 0.333 e. The number of nitrogens with one attached hydrogen (secondary N) is 2. The molecule has 11 heteroatoms. The van der Waals surface area contributed by atoms with Gasteiger partial charge in [-0.25, -0.2) is 17.9 Å². The number of hydrogen-bond acceptors (Lipinski definition) is 8. The van der Waals surface area contributed by atoms with Crippen LogP contribution in [0.25, 0.3) is 0 Å². The second kappa shape index (κ2) is 10.3. The molecule has 168 valence electrons. The lowest BCUT2D eigenvalue weighted by atomic mass is 10.2. The highest BCUT2D eigenvalue weighted by Gasteiger charge is 2.17. The molecule has 9 nitrogen and oxygen atoms in total. The van der Waals surface area contributed by atoms with Crippen LogP contribution in [-0.4, -0.2) is 38.6 Å². The Kier molecular flexibility index (Phi) is 7.54. The van der Waals surface area contributed by atoms with Gasteiger partial charge < -0.3 is 14.8 Å². The summed E-state index contributed by atoms with van der Waals surface area (Å²) in [4.78, 5) is 21.6. The van der Waals surface area contributed by atoms with Crippen LogP contribution in [0, 0.1) is 6.92 Å². The summed E-state index contributed by atoms with van der Waals surface area (Å²) in [6.07, 6.45) is 0. The van der Waals surface area contributed by atoms with Gasteiger partial charge in [-0.05, 0) is 43.3 Å². The molecule has 3 rings (SSSR count). The van der Waals surface area contributed by atoms with Gasteiger partial charge >= 0.3 is 6.03 Å². The molecule has 1 heterocycles. The van der Waals surface area contributed by atoms with Gasteiger partial charge in [0.1, 0.15) is 5.82 Å². The van der Waals surface area contributed by atoms with Crippen molar-refractivity contribution in [2.45, 2.75) is 22.5 Å². The Hall–Kier alpha value is -3.31. The topological polar surface area (TPSA) is 120 Å². The van der Waals surface area contributed by atoms with E-state index in [1.54, 1.807) is 42.5 Å². The number of thioether (sulfide) groups is 1. The number of aryl methyl sites for hydroxylation is 1. The summed E-state index contributed by atoms with van der Waals surface area (Å²) in [6, 6.07) is 13.9. The molecule has 2 N–H and O–H groups in total. The van der Waals surface area contributed by atoms with Gasteiger partial charge in [-0.15, -0.1) is 11.8 Å². The fraction of sp³-hybridized carbons (Fsp3) is 0.190. The number of urea groups is 1. The van der Waals surface area contributed by atoms with Crippen LogP contribution in [0.5, 0.6) is 11.8 Å². The first-order valence-electron chi connectivity index (χ1n) is 9.38. The number of nitrogens with zero attached hydrogens (tertiary/aromatic N) is 2. The Morgan fingerprint density at radius 3 is 2.12 bits per heavy atom. The van der Waals surface area contributed by atoms with Gasteiger partial charge in [0.05, 0.1) is 30.9 Å². The maximum absolute atomic E-state index is 12.3. The molecule has 0 spiro atoms. The lowest BCUT2D eigenvalue weighted by Gasteiger charge is -2.10. The molecule has 0 saturated carbocycles. The molecule has 2 aromatic carbocycles. The molecule has 0 unspecified atom stereocenters. The Morgan fingerprint density at radius 2 is 1.56 bits per heavy atom. The summed E-state index contributed by atoms with van der Waals surface area (Å²) in [5.41, 5.74) is 1.37. The number of benzene rings is 2. The monoisotopic (exact) mass is 474 g/mol. The number of hydrogen-bond donors (Lipinski definition) is 2. The van der Waals surface area contributed by atoms with Gasteiger partial charge in [0.15, 0.2) is 0 Å². The average Bonchev–Trinajstić information content (AvgIpc) is 2.78. The van der Waals surface area contributed by atoms with E-state index < -0.39 is 16.1 Å². The van der Waals surface area contributed by atoms with Gasteiger partial charge in [-0.2, -0.15) is 9.97 Å². The van der Waals surface area contributed by atoms with E-state index >= 15 is 0 Å². The number of aromatic nitrogens is 2. The fourth-order valence-electron chi connectivity index (χ4n) is 2.56. The molecule has 0 fully saturated rings. The summed E-state index contributed by atoms with van der Waals surface area (Å²) in [7, 11) is -0.915. The van der Waals surface area contributed by atoms with Gasteiger partial charge in [-0.3, -0.25) is 0 Å². The Morgan fingerprint density at radius 1 is 0.969 bits per heavy atom. The predicted molar refractivity (Wildman–Crippen MR) is 122 cm³/mol. The van der Waals surface area contributed by atoms with Crippen molar-refractivity contribution in [1.29, 1.82) is 0 Å². The first-order chi connectivity index (χ1) is 15.3. The van der Waals surface area contributed by atoms with Crippen LogP contribution in [0.2, 0.25) is 0 Å². The van der Waals surface area contributed by atoms with Crippen LogP contribution < -0.4 is 19.5 Å². The van der Waals surface area contributed by atoms with Crippen LogP contribution in [0.15, 0.2) is 64.4 Å². The summed E-state index contributed by atoms with van der Waals surface area (Å²) < 4.78 is 36.9. The molecule has 32 heavy (non-hydrogen) atoms. The van der Waals surface area contributed by atoms with Crippen molar-refractivity contribution in [3.8, 4) is 11.8 Å². The number of rotatable bonds is 8. The SMILES string of the molecule is COc1cc(OC)nc(CSc2ccc(NC(=O)NS(=O)(=O)c3ccc(C)cc3)cc2)n1. The van der Waals surface area contributed by atoms with Crippen LogP contribution in [0.3, 0.4) is 0 Å². The van der Waals surface area contributed by atoms with Gasteiger partial charge in [-0.1, -0.05) is 17.7 Å². The zero-order chi connectivity index (χ0) is 23.1. The zero-order valence-electron chi connectivity index (χ0n) is 17.7. The number of carbonyl (C=O) groups is 1. The fourth-order valence-corrected chi connectivity index (χ4v) is 4.22. The number of methoxy groups -OCH3 is 2. The third-order valence-corrected chi connectivity index (χ3v) is 6.54. The second-order valence-corrected chi connectivity index (χ2v) is 9.29. The standard InChI is InChI=1S/C21H22N4O5S2/c1-14-4-10-17(11-5-14)32(27,28)25-21(26)22-15-6-8-16(9-7-15)31-13-18-23-19(29-2)12-20(24-18)30-3/h4-12H,13H2,1-3H3,(H2,22,25,26). The van der Waals surface area contributed by atoms with E-state index in [2.05, 4.69) is 15.3 Å². The minimum Gasteiger partial charge on any atom is -0.481 e. The molecule has 0 aliphatic carbocycles. The molecule has 0 aliphatic heterocycles. The quantitative estimate of drug-likeness (QED) is 0.475. The first kappa shape index (κ1) is 23.4. The molecule has 0 atom stereocenters. The van der Waals surface area contributed by atoms with Crippen molar-refractivity contribution in [3.63, 3.8) is 0 Å². The number of carbonyl (C=O) groups excluding carboxylic acids is 1. The van der Waals surface area contributed by atoms with Crippen molar-refractivity contribution in [3.05, 3.63) is 66.0 Å². The minimum absolute atomic E-state index is 0.0152. The normalized spacial score (nSPS) is 11.0. The predicted octanol–water partition coefficient (Wildman–Crippen LogP) is 3.60. The van der Waals surface area contributed by atoms with Gasteiger partial charge in [0.2, 0.25) is 11.8 Å². The van der Waals surface area contributed by atoms with Crippen LogP contribution in [0.1, 0.15) is 11.4 Å². The zero-order valence-corrected chi connectivity index (χ0v) is 19.3. The Balaban J connectivity index is 1.57. The molecule has 1 aromatic heterocycles. The van der Waals surface area contributed by atoms with Crippen molar-refractivity contribution in [1.82, 2.24) is 14.7 Å². The molecule has 0 radical (unpaired) electrons. The van der Waals surface area contributed by atoms with Crippen molar-refractivity contribution in [2.75, 3.05) is 19.5 Å². The van der Waals surface area contributed by atoms with E-state index in [1.165, 1.54) is 38.1 Å². The highest BCUT2D eigenvalue weighted by molar-refractivity contribution is 7.98. The lowest BCUT2D eigenvalue weighted by Crippen LogP contribution is -2.34. The molecule has 0 aliphatic rings. The molecule has 0 saturated heterocycles. The highest BCUT2D eigenvalue weighted by atomic mass is 32.2. The van der Waals surface area contributed by atoms with E-state index in [1.807, 2.05) is 11.6 Å². The third kappa shape index (κ3) is 6.34. The average molecular weight is 475 g/mol. The largest absolute Gasteiger partial charge is 0.481 e. The minimum atomic E-state index is -3.96. The van der Waals surface area contributed by atoms with Crippen molar-refractivity contribution in [2.24, 2.45) is 0 Å². The number of sulfonamides is 1. The van der Waals surface area contributed by atoms with Gasteiger partial charge in [0.25, 0.3) is 10.0 Å².